The maximum absolute atomic E-state index is 5.95. The number of aryl methyl sites for hydroxylation is 1. The predicted molar refractivity (Wildman–Crippen MR) is 85.7 cm³/mol. The summed E-state index contributed by atoms with van der Waals surface area (Å²) in [5.74, 6) is 1.25. The van der Waals surface area contributed by atoms with Crippen LogP contribution in [-0.4, -0.2) is 45.9 Å². The van der Waals surface area contributed by atoms with E-state index in [1.54, 1.807) is 0 Å². The van der Waals surface area contributed by atoms with Gasteiger partial charge in [-0.15, -0.1) is 0 Å². The standard InChI is InChI=1S/C15H21N7/c1-17-10-4-6-21(9-10)14-7-12(19-15(16)20-14)11-8-18-22-5-2-3-13(11)22/h7-8,10,17H,2-6,9H2,1H3,(H2,16,19,20)/t10-/m1/s1. The molecule has 0 aromatic carbocycles. The minimum absolute atomic E-state index is 0.332. The second kappa shape index (κ2) is 5.24. The van der Waals surface area contributed by atoms with Gasteiger partial charge in [0.1, 0.15) is 5.82 Å². The lowest BCUT2D eigenvalue weighted by Crippen LogP contribution is -2.30. The molecule has 2 aliphatic rings. The Labute approximate surface area is 129 Å². The maximum Gasteiger partial charge on any atom is 0.222 e. The zero-order valence-electron chi connectivity index (χ0n) is 12.8. The summed E-state index contributed by atoms with van der Waals surface area (Å²) in [7, 11) is 2.00. The van der Waals surface area contributed by atoms with Crippen molar-refractivity contribution in [2.45, 2.75) is 31.8 Å². The molecule has 4 rings (SSSR count). The van der Waals surface area contributed by atoms with E-state index >= 15 is 0 Å². The van der Waals surface area contributed by atoms with Crippen molar-refractivity contribution in [2.24, 2.45) is 0 Å². The molecule has 0 spiro atoms. The number of nitrogens with two attached hydrogens (primary N) is 1. The lowest BCUT2D eigenvalue weighted by molar-refractivity contribution is 0.616. The summed E-state index contributed by atoms with van der Waals surface area (Å²) in [4.78, 5) is 11.1. The van der Waals surface area contributed by atoms with Crippen LogP contribution in [0.2, 0.25) is 0 Å². The van der Waals surface area contributed by atoms with Crippen LogP contribution in [0.1, 0.15) is 18.5 Å². The van der Waals surface area contributed by atoms with E-state index in [9.17, 15) is 0 Å². The van der Waals surface area contributed by atoms with Crippen LogP contribution in [0.4, 0.5) is 11.8 Å². The minimum atomic E-state index is 0.332. The molecule has 0 aliphatic carbocycles. The molecule has 1 fully saturated rings. The molecule has 22 heavy (non-hydrogen) atoms. The number of aromatic nitrogens is 4. The number of rotatable bonds is 3. The Hall–Kier alpha value is -2.15. The van der Waals surface area contributed by atoms with Crippen molar-refractivity contribution in [1.29, 1.82) is 0 Å². The van der Waals surface area contributed by atoms with E-state index in [1.807, 2.05) is 19.3 Å². The van der Waals surface area contributed by atoms with Crippen molar-refractivity contribution in [3.05, 3.63) is 18.0 Å². The van der Waals surface area contributed by atoms with E-state index in [1.165, 1.54) is 5.69 Å². The lowest BCUT2D eigenvalue weighted by atomic mass is 10.1. The van der Waals surface area contributed by atoms with Crippen LogP contribution in [0, 0.1) is 0 Å². The fourth-order valence-electron chi connectivity index (χ4n) is 3.43. The van der Waals surface area contributed by atoms with Gasteiger partial charge in [-0.2, -0.15) is 10.1 Å². The van der Waals surface area contributed by atoms with Crippen LogP contribution in [-0.2, 0) is 13.0 Å². The molecule has 1 atom stereocenters. The number of nitrogens with zero attached hydrogens (tertiary/aromatic N) is 5. The highest BCUT2D eigenvalue weighted by Gasteiger charge is 2.24. The van der Waals surface area contributed by atoms with Crippen molar-refractivity contribution >= 4 is 11.8 Å². The number of fused-ring (bicyclic) bond motifs is 1. The lowest BCUT2D eigenvalue weighted by Gasteiger charge is -2.18. The van der Waals surface area contributed by atoms with Gasteiger partial charge in [-0.3, -0.25) is 4.68 Å². The zero-order chi connectivity index (χ0) is 15.1. The molecule has 2 aliphatic heterocycles. The molecule has 0 radical (unpaired) electrons. The summed E-state index contributed by atoms with van der Waals surface area (Å²) in [6.45, 7) is 2.95. The largest absolute Gasteiger partial charge is 0.368 e. The van der Waals surface area contributed by atoms with Gasteiger partial charge in [0.15, 0.2) is 0 Å². The van der Waals surface area contributed by atoms with Gasteiger partial charge in [-0.1, -0.05) is 0 Å². The molecule has 116 valence electrons. The first-order chi connectivity index (χ1) is 10.7. The Balaban J connectivity index is 1.69. The van der Waals surface area contributed by atoms with Crippen molar-refractivity contribution in [1.82, 2.24) is 25.1 Å². The smallest absolute Gasteiger partial charge is 0.222 e. The summed E-state index contributed by atoms with van der Waals surface area (Å²) in [6, 6.07) is 2.56. The molecule has 0 bridgehead atoms. The Morgan fingerprint density at radius 1 is 1.32 bits per heavy atom. The number of nitrogens with one attached hydrogen (secondary N) is 1. The highest BCUT2D eigenvalue weighted by molar-refractivity contribution is 5.66. The molecule has 7 heteroatoms. The molecular weight excluding hydrogens is 278 g/mol. The average Bonchev–Trinajstić information content (AvgIpc) is 3.22. The number of anilines is 2. The van der Waals surface area contributed by atoms with E-state index in [0.717, 1.165) is 56.0 Å². The van der Waals surface area contributed by atoms with Crippen molar-refractivity contribution < 1.29 is 0 Å². The maximum atomic E-state index is 5.95. The Kier molecular flexibility index (Phi) is 3.22. The summed E-state index contributed by atoms with van der Waals surface area (Å²) in [5, 5.41) is 7.77. The number of likely N-dealkylation sites (N-methyl/N-ethyl adjacent to an activating group) is 1. The van der Waals surface area contributed by atoms with Gasteiger partial charge < -0.3 is 16.0 Å². The van der Waals surface area contributed by atoms with E-state index in [2.05, 4.69) is 30.0 Å². The van der Waals surface area contributed by atoms with Gasteiger partial charge in [0.2, 0.25) is 5.95 Å². The van der Waals surface area contributed by atoms with Gasteiger partial charge in [-0.05, 0) is 26.3 Å². The molecule has 2 aromatic heterocycles. The van der Waals surface area contributed by atoms with Crippen LogP contribution >= 0.6 is 0 Å². The SMILES string of the molecule is CN[C@@H]1CCN(c2cc(-c3cnn4c3CCC4)nc(N)n2)C1. The van der Waals surface area contributed by atoms with E-state index in [4.69, 9.17) is 5.73 Å². The summed E-state index contributed by atoms with van der Waals surface area (Å²) in [5.41, 5.74) is 9.20. The molecule has 4 heterocycles. The van der Waals surface area contributed by atoms with Gasteiger partial charge in [-0.25, -0.2) is 4.98 Å². The first-order valence-electron chi connectivity index (χ1n) is 7.86. The Morgan fingerprint density at radius 2 is 2.23 bits per heavy atom. The fraction of sp³-hybridized carbons (Fsp3) is 0.533. The van der Waals surface area contributed by atoms with E-state index in [-0.39, 0.29) is 0 Å². The molecule has 0 saturated carbocycles. The van der Waals surface area contributed by atoms with Crippen LogP contribution in [0.25, 0.3) is 11.3 Å². The number of hydrogen-bond acceptors (Lipinski definition) is 6. The predicted octanol–water partition coefficient (Wildman–Crippen LogP) is 0.667. The molecule has 7 nitrogen and oxygen atoms in total. The van der Waals surface area contributed by atoms with Crippen molar-refractivity contribution in [3.8, 4) is 11.3 Å². The normalized spacial score (nSPS) is 20.6. The van der Waals surface area contributed by atoms with Crippen LogP contribution < -0.4 is 16.0 Å². The molecule has 2 aromatic rings. The van der Waals surface area contributed by atoms with Gasteiger partial charge >= 0.3 is 0 Å². The Morgan fingerprint density at radius 3 is 3.05 bits per heavy atom. The fourth-order valence-corrected chi connectivity index (χ4v) is 3.43. The topological polar surface area (TPSA) is 84.9 Å². The monoisotopic (exact) mass is 299 g/mol. The second-order valence-corrected chi connectivity index (χ2v) is 6.02. The van der Waals surface area contributed by atoms with Gasteiger partial charge in [0, 0.05) is 43.0 Å². The summed E-state index contributed by atoms with van der Waals surface area (Å²) < 4.78 is 2.07. The van der Waals surface area contributed by atoms with Gasteiger partial charge in [0.05, 0.1) is 11.9 Å². The number of hydrogen-bond donors (Lipinski definition) is 2. The summed E-state index contributed by atoms with van der Waals surface area (Å²) >= 11 is 0. The third kappa shape index (κ3) is 2.21. The van der Waals surface area contributed by atoms with Crippen LogP contribution in [0.3, 0.4) is 0 Å². The Bertz CT molecular complexity index is 693. The first kappa shape index (κ1) is 13.5. The first-order valence-corrected chi connectivity index (χ1v) is 7.86. The van der Waals surface area contributed by atoms with Crippen LogP contribution in [0.5, 0.6) is 0 Å². The quantitative estimate of drug-likeness (QED) is 0.866. The molecular formula is C15H21N7. The molecule has 3 N–H and O–H groups in total. The minimum Gasteiger partial charge on any atom is -0.368 e. The number of nitrogen functional groups attached to an aromatic ring is 1. The zero-order valence-corrected chi connectivity index (χ0v) is 12.8. The van der Waals surface area contributed by atoms with Crippen LogP contribution in [0.15, 0.2) is 12.3 Å². The van der Waals surface area contributed by atoms with Gasteiger partial charge in [0.25, 0.3) is 0 Å². The average molecular weight is 299 g/mol. The molecule has 1 saturated heterocycles. The van der Waals surface area contributed by atoms with E-state index < -0.39 is 0 Å². The van der Waals surface area contributed by atoms with E-state index in [0.29, 0.717) is 12.0 Å². The van der Waals surface area contributed by atoms with Crippen molar-refractivity contribution in [2.75, 3.05) is 30.8 Å². The highest BCUT2D eigenvalue weighted by Crippen LogP contribution is 2.30. The summed E-state index contributed by atoms with van der Waals surface area (Å²) in [6.07, 6.45) is 5.24. The second-order valence-electron chi connectivity index (χ2n) is 6.02. The third-order valence-electron chi connectivity index (χ3n) is 4.66. The highest BCUT2D eigenvalue weighted by atomic mass is 15.3. The third-order valence-corrected chi connectivity index (χ3v) is 4.66. The molecule has 0 amide bonds. The molecule has 0 unspecified atom stereocenters. The van der Waals surface area contributed by atoms with Crippen molar-refractivity contribution in [3.63, 3.8) is 0 Å².